The number of rotatable bonds is 1. The van der Waals surface area contributed by atoms with Crippen molar-refractivity contribution in [3.8, 4) is 0 Å². The Balaban J connectivity index is 2.14. The zero-order chi connectivity index (χ0) is 10.2. The molecular weight excluding hydrogens is 202 g/mol. The predicted molar refractivity (Wildman–Crippen MR) is 53.1 cm³/mol. The van der Waals surface area contributed by atoms with Gasteiger partial charge in [0.05, 0.1) is 17.3 Å². The average Bonchev–Trinajstić information content (AvgIpc) is 2.47. The van der Waals surface area contributed by atoms with Crippen molar-refractivity contribution in [3.05, 3.63) is 29.0 Å². The van der Waals surface area contributed by atoms with Crippen LogP contribution in [-0.4, -0.2) is 17.4 Å². The first kappa shape index (κ1) is 9.90. The molecule has 14 heavy (non-hydrogen) atoms. The number of nitrogens with zero attached hydrogens (tertiary/aromatic N) is 1. The Morgan fingerprint density at radius 1 is 1.50 bits per heavy atom. The summed E-state index contributed by atoms with van der Waals surface area (Å²) in [4.78, 5) is 4.19. The molecule has 0 amide bonds. The van der Waals surface area contributed by atoms with E-state index in [0.717, 1.165) is 5.69 Å². The first-order valence-electron chi connectivity index (χ1n) is 4.50. The first-order valence-corrected chi connectivity index (χ1v) is 4.88. The van der Waals surface area contributed by atoms with Gasteiger partial charge in [0.15, 0.2) is 5.79 Å². The van der Waals surface area contributed by atoms with Crippen LogP contribution in [0.3, 0.4) is 0 Å². The smallest absolute Gasteiger partial charge is 0.163 e. The number of hydrogen-bond acceptors (Lipinski definition) is 3. The van der Waals surface area contributed by atoms with E-state index in [1.807, 2.05) is 19.9 Å². The quantitative estimate of drug-likeness (QED) is 0.719. The van der Waals surface area contributed by atoms with Crippen molar-refractivity contribution in [3.63, 3.8) is 0 Å². The zero-order valence-electron chi connectivity index (χ0n) is 8.16. The molecule has 0 N–H and O–H groups in total. The molecule has 0 saturated carbocycles. The lowest BCUT2D eigenvalue weighted by Crippen LogP contribution is -2.19. The van der Waals surface area contributed by atoms with Crippen LogP contribution < -0.4 is 0 Å². The summed E-state index contributed by atoms with van der Waals surface area (Å²) in [6.45, 7) is 4.33. The number of halogens is 1. The van der Waals surface area contributed by atoms with Gasteiger partial charge in [0, 0.05) is 6.20 Å². The van der Waals surface area contributed by atoms with Crippen LogP contribution in [-0.2, 0) is 9.47 Å². The van der Waals surface area contributed by atoms with Crippen molar-refractivity contribution in [2.24, 2.45) is 0 Å². The minimum atomic E-state index is -0.508. The maximum absolute atomic E-state index is 5.74. The van der Waals surface area contributed by atoms with Crippen LogP contribution in [0.5, 0.6) is 0 Å². The molecule has 0 aromatic carbocycles. The second kappa shape index (κ2) is 3.50. The average molecular weight is 214 g/mol. The molecule has 1 aliphatic rings. The summed E-state index contributed by atoms with van der Waals surface area (Å²) in [5, 5.41) is 0.631. The minimum absolute atomic E-state index is 0.0812. The number of aromatic nitrogens is 1. The molecule has 0 spiro atoms. The molecule has 2 rings (SSSR count). The molecule has 1 saturated heterocycles. The van der Waals surface area contributed by atoms with E-state index in [0.29, 0.717) is 11.6 Å². The Morgan fingerprint density at radius 3 is 2.79 bits per heavy atom. The van der Waals surface area contributed by atoms with Gasteiger partial charge in [-0.3, -0.25) is 4.98 Å². The van der Waals surface area contributed by atoms with E-state index in [4.69, 9.17) is 21.1 Å². The Hall–Kier alpha value is -0.640. The van der Waals surface area contributed by atoms with Gasteiger partial charge in [0.2, 0.25) is 0 Å². The summed E-state index contributed by atoms with van der Waals surface area (Å²) in [7, 11) is 0. The van der Waals surface area contributed by atoms with E-state index in [1.165, 1.54) is 0 Å². The SMILES string of the molecule is CC1(C)OC[C@@H](c2ccc(Cl)cn2)O1. The predicted octanol–water partition coefficient (Wildman–Crippen LogP) is 2.56. The van der Waals surface area contributed by atoms with Gasteiger partial charge in [-0.15, -0.1) is 0 Å². The molecule has 1 aromatic heterocycles. The summed E-state index contributed by atoms with van der Waals surface area (Å²) >= 11 is 5.74. The summed E-state index contributed by atoms with van der Waals surface area (Å²) in [6.07, 6.45) is 1.54. The highest BCUT2D eigenvalue weighted by Gasteiger charge is 2.34. The van der Waals surface area contributed by atoms with E-state index in [9.17, 15) is 0 Å². The van der Waals surface area contributed by atoms with Crippen LogP contribution in [0.15, 0.2) is 18.3 Å². The van der Waals surface area contributed by atoms with Crippen LogP contribution in [0, 0.1) is 0 Å². The highest BCUT2D eigenvalue weighted by molar-refractivity contribution is 6.30. The van der Waals surface area contributed by atoms with E-state index in [2.05, 4.69) is 4.98 Å². The maximum atomic E-state index is 5.74. The summed E-state index contributed by atoms with van der Waals surface area (Å²) < 4.78 is 11.1. The molecular formula is C10H12ClNO2. The Morgan fingerprint density at radius 2 is 2.29 bits per heavy atom. The number of ether oxygens (including phenoxy) is 2. The zero-order valence-corrected chi connectivity index (χ0v) is 8.91. The van der Waals surface area contributed by atoms with Crippen molar-refractivity contribution < 1.29 is 9.47 Å². The summed E-state index contributed by atoms with van der Waals surface area (Å²) in [5.74, 6) is -0.508. The molecule has 76 valence electrons. The van der Waals surface area contributed by atoms with Crippen molar-refractivity contribution in [2.45, 2.75) is 25.7 Å². The third-order valence-corrected chi connectivity index (χ3v) is 2.31. The Kier molecular flexibility index (Phi) is 2.47. The van der Waals surface area contributed by atoms with Gasteiger partial charge < -0.3 is 9.47 Å². The van der Waals surface area contributed by atoms with E-state index in [-0.39, 0.29) is 6.10 Å². The first-order chi connectivity index (χ1) is 6.57. The van der Waals surface area contributed by atoms with Gasteiger partial charge in [-0.05, 0) is 26.0 Å². The topological polar surface area (TPSA) is 31.4 Å². The van der Waals surface area contributed by atoms with Gasteiger partial charge in [-0.25, -0.2) is 0 Å². The van der Waals surface area contributed by atoms with Crippen molar-refractivity contribution in [1.29, 1.82) is 0 Å². The molecule has 0 unspecified atom stereocenters. The Bertz CT molecular complexity index is 323. The van der Waals surface area contributed by atoms with Crippen molar-refractivity contribution in [1.82, 2.24) is 4.98 Å². The van der Waals surface area contributed by atoms with Crippen LogP contribution in [0.1, 0.15) is 25.6 Å². The maximum Gasteiger partial charge on any atom is 0.163 e. The second-order valence-corrected chi connectivity index (χ2v) is 4.16. The largest absolute Gasteiger partial charge is 0.347 e. The van der Waals surface area contributed by atoms with Gasteiger partial charge in [-0.1, -0.05) is 11.6 Å². The molecule has 1 atom stereocenters. The molecule has 1 fully saturated rings. The normalized spacial score (nSPS) is 25.2. The van der Waals surface area contributed by atoms with Gasteiger partial charge in [0.1, 0.15) is 6.10 Å². The fourth-order valence-corrected chi connectivity index (χ4v) is 1.52. The molecule has 1 aromatic rings. The number of pyridine rings is 1. The lowest BCUT2D eigenvalue weighted by Gasteiger charge is -2.16. The standard InChI is InChI=1S/C10H12ClNO2/c1-10(2)13-6-9(14-10)8-4-3-7(11)5-12-8/h3-5,9H,6H2,1-2H3/t9-/m0/s1. The molecule has 3 nitrogen and oxygen atoms in total. The minimum Gasteiger partial charge on any atom is -0.347 e. The van der Waals surface area contributed by atoms with E-state index in [1.54, 1.807) is 12.3 Å². The number of hydrogen-bond donors (Lipinski definition) is 0. The summed E-state index contributed by atoms with van der Waals surface area (Å²) in [5.41, 5.74) is 0.861. The lowest BCUT2D eigenvalue weighted by atomic mass is 10.2. The van der Waals surface area contributed by atoms with Crippen LogP contribution in [0.2, 0.25) is 5.02 Å². The Labute approximate surface area is 88.0 Å². The van der Waals surface area contributed by atoms with Crippen LogP contribution in [0.4, 0.5) is 0 Å². The monoisotopic (exact) mass is 213 g/mol. The van der Waals surface area contributed by atoms with Crippen molar-refractivity contribution >= 4 is 11.6 Å². The van der Waals surface area contributed by atoms with Gasteiger partial charge in [-0.2, -0.15) is 0 Å². The van der Waals surface area contributed by atoms with Crippen LogP contribution >= 0.6 is 11.6 Å². The third kappa shape index (κ3) is 2.05. The van der Waals surface area contributed by atoms with Gasteiger partial charge in [0.25, 0.3) is 0 Å². The van der Waals surface area contributed by atoms with Crippen molar-refractivity contribution in [2.75, 3.05) is 6.61 Å². The molecule has 0 bridgehead atoms. The molecule has 2 heterocycles. The fourth-order valence-electron chi connectivity index (χ4n) is 1.41. The van der Waals surface area contributed by atoms with E-state index >= 15 is 0 Å². The lowest BCUT2D eigenvalue weighted by molar-refractivity contribution is -0.139. The third-order valence-electron chi connectivity index (χ3n) is 2.09. The summed E-state index contributed by atoms with van der Waals surface area (Å²) in [6, 6.07) is 3.66. The van der Waals surface area contributed by atoms with E-state index < -0.39 is 5.79 Å². The van der Waals surface area contributed by atoms with Crippen LogP contribution in [0.25, 0.3) is 0 Å². The molecule has 1 aliphatic heterocycles. The molecule has 0 aliphatic carbocycles. The second-order valence-electron chi connectivity index (χ2n) is 3.72. The highest BCUT2D eigenvalue weighted by atomic mass is 35.5. The highest BCUT2D eigenvalue weighted by Crippen LogP contribution is 2.31. The molecule has 4 heteroatoms. The molecule has 0 radical (unpaired) electrons. The fraction of sp³-hybridized carbons (Fsp3) is 0.500. The van der Waals surface area contributed by atoms with Gasteiger partial charge >= 0.3 is 0 Å².